The Morgan fingerprint density at radius 2 is 1.81 bits per heavy atom. The third kappa shape index (κ3) is 7.77. The Bertz CT molecular complexity index is 1690. The van der Waals surface area contributed by atoms with Gasteiger partial charge in [-0.15, -0.1) is 0 Å². The van der Waals surface area contributed by atoms with Crippen LogP contribution in [0.3, 0.4) is 0 Å². The van der Waals surface area contributed by atoms with Gasteiger partial charge < -0.3 is 23.9 Å². The van der Waals surface area contributed by atoms with Gasteiger partial charge in [0.05, 0.1) is 19.1 Å². The first-order valence-corrected chi connectivity index (χ1v) is 17.9. The first kappa shape index (κ1) is 34.5. The van der Waals surface area contributed by atoms with Gasteiger partial charge >= 0.3 is 5.97 Å². The molecule has 0 spiro atoms. The molecule has 1 aliphatic heterocycles. The summed E-state index contributed by atoms with van der Waals surface area (Å²) < 4.78 is 24.8. The van der Waals surface area contributed by atoms with Crippen LogP contribution in [0.15, 0.2) is 78.6 Å². The number of halogens is 1. The maximum absolute atomic E-state index is 13.5. The predicted octanol–water partition coefficient (Wildman–Crippen LogP) is 10.0. The van der Waals surface area contributed by atoms with Crippen molar-refractivity contribution in [2.75, 3.05) is 13.2 Å². The number of carbonyl (C=O) groups is 1. The highest BCUT2D eigenvalue weighted by atomic mass is 35.5. The molecule has 0 bridgehead atoms. The van der Waals surface area contributed by atoms with Gasteiger partial charge in [0, 0.05) is 44.8 Å². The van der Waals surface area contributed by atoms with Gasteiger partial charge in [-0.3, -0.25) is 4.79 Å². The molecular weight excluding hydrogens is 622 g/mol. The third-order valence-electron chi connectivity index (χ3n) is 10.6. The highest BCUT2D eigenvalue weighted by molar-refractivity contribution is 6.30. The van der Waals surface area contributed by atoms with Gasteiger partial charge in [-0.2, -0.15) is 0 Å². The van der Waals surface area contributed by atoms with Gasteiger partial charge in [0.25, 0.3) is 0 Å². The van der Waals surface area contributed by atoms with E-state index in [2.05, 4.69) is 81.3 Å². The van der Waals surface area contributed by atoms with Crippen LogP contribution in [0.25, 0.3) is 10.9 Å². The summed E-state index contributed by atoms with van der Waals surface area (Å²) in [5, 5.41) is 1.86. The topological polar surface area (TPSA) is 69.8 Å². The molecule has 4 atom stereocenters. The Morgan fingerprint density at radius 3 is 2.54 bits per heavy atom. The Morgan fingerprint density at radius 1 is 1.06 bits per heavy atom. The SMILES string of the molecule is CCC(C)(C)C(OC1=CC=CC(C2CCC(C(=O)Oc3ccc(Cl)cc3)CCc3c2[nH]c2ccc(C)cc32)C=C1)C1COC(C)(C)OC1. The van der Waals surface area contributed by atoms with Crippen LogP contribution >= 0.6 is 11.6 Å². The minimum atomic E-state index is -0.571. The van der Waals surface area contributed by atoms with Gasteiger partial charge in [0.1, 0.15) is 17.6 Å². The number of allylic oxidation sites excluding steroid dienone is 5. The van der Waals surface area contributed by atoms with Crippen LogP contribution in [0.2, 0.25) is 5.02 Å². The molecule has 2 heterocycles. The Hall–Kier alpha value is -3.32. The second kappa shape index (κ2) is 14.3. The average Bonchev–Trinajstić information content (AvgIpc) is 3.21. The van der Waals surface area contributed by atoms with Gasteiger partial charge in [-0.1, -0.05) is 62.2 Å². The molecule has 0 saturated carbocycles. The summed E-state index contributed by atoms with van der Waals surface area (Å²) in [6, 6.07) is 13.6. The highest BCUT2D eigenvalue weighted by Gasteiger charge is 2.41. The number of esters is 1. The van der Waals surface area contributed by atoms with E-state index in [4.69, 9.17) is 30.5 Å². The van der Waals surface area contributed by atoms with E-state index in [1.165, 1.54) is 22.2 Å². The lowest BCUT2D eigenvalue weighted by atomic mass is 9.77. The normalized spacial score (nSPS) is 23.8. The molecule has 4 unspecified atom stereocenters. The number of carbonyl (C=O) groups excluding carboxylic acids is 1. The standard InChI is InChI=1S/C41H50ClNO5/c1-7-40(3,4)38(29-24-45-41(5,6)46-25-29)47-31-10-8-9-27(12-17-31)33-20-13-28(39(44)48-32-18-15-30(42)16-19-32)14-21-34-35-23-26(2)11-22-36(35)43-37(33)34/h8-12,15-19,22-23,27-29,33,38,43H,7,13-14,20-21,24-25H2,1-6H3. The van der Waals surface area contributed by atoms with Crippen LogP contribution in [-0.2, 0) is 25.4 Å². The first-order chi connectivity index (χ1) is 22.9. The number of aromatic amines is 1. The Balaban J connectivity index is 1.25. The van der Waals surface area contributed by atoms with Crippen LogP contribution in [0.4, 0.5) is 0 Å². The molecule has 1 saturated heterocycles. The van der Waals surface area contributed by atoms with E-state index in [0.29, 0.717) is 24.0 Å². The lowest BCUT2D eigenvalue weighted by Crippen LogP contribution is -2.48. The summed E-state index contributed by atoms with van der Waals surface area (Å²) in [7, 11) is 0. The van der Waals surface area contributed by atoms with E-state index in [9.17, 15) is 4.79 Å². The maximum Gasteiger partial charge on any atom is 0.314 e. The molecule has 1 N–H and O–H groups in total. The molecule has 3 aliphatic rings. The van der Waals surface area contributed by atoms with E-state index in [0.717, 1.165) is 43.4 Å². The zero-order valence-corrected chi connectivity index (χ0v) is 29.9. The number of rotatable bonds is 8. The molecule has 6 rings (SSSR count). The largest absolute Gasteiger partial charge is 0.489 e. The minimum Gasteiger partial charge on any atom is -0.489 e. The molecular formula is C41H50ClNO5. The van der Waals surface area contributed by atoms with Gasteiger partial charge in [0.15, 0.2) is 5.79 Å². The molecule has 256 valence electrons. The van der Waals surface area contributed by atoms with Crippen LogP contribution in [0, 0.1) is 30.1 Å². The monoisotopic (exact) mass is 671 g/mol. The van der Waals surface area contributed by atoms with Crippen molar-refractivity contribution in [3.8, 4) is 5.75 Å². The number of aromatic nitrogens is 1. The van der Waals surface area contributed by atoms with Crippen molar-refractivity contribution in [3.05, 3.63) is 100 Å². The van der Waals surface area contributed by atoms with Crippen molar-refractivity contribution in [2.24, 2.45) is 23.2 Å². The smallest absolute Gasteiger partial charge is 0.314 e. The molecule has 6 nitrogen and oxygen atoms in total. The first-order valence-electron chi connectivity index (χ1n) is 17.5. The lowest BCUT2D eigenvalue weighted by molar-refractivity contribution is -0.277. The van der Waals surface area contributed by atoms with Crippen molar-refractivity contribution in [2.45, 2.75) is 91.5 Å². The van der Waals surface area contributed by atoms with Crippen LogP contribution in [0.1, 0.15) is 83.0 Å². The third-order valence-corrected chi connectivity index (χ3v) is 10.9. The van der Waals surface area contributed by atoms with E-state index < -0.39 is 5.79 Å². The number of fused-ring (bicyclic) bond motifs is 3. The fourth-order valence-corrected chi connectivity index (χ4v) is 7.48. The fourth-order valence-electron chi connectivity index (χ4n) is 7.35. The zero-order valence-electron chi connectivity index (χ0n) is 29.2. The summed E-state index contributed by atoms with van der Waals surface area (Å²) in [5.41, 5.74) is 4.88. The van der Waals surface area contributed by atoms with Gasteiger partial charge in [-0.05, 0) is 107 Å². The number of H-pyrrole nitrogens is 1. The number of aryl methyl sites for hydroxylation is 2. The predicted molar refractivity (Wildman–Crippen MR) is 192 cm³/mol. The highest BCUT2D eigenvalue weighted by Crippen LogP contribution is 2.42. The summed E-state index contributed by atoms with van der Waals surface area (Å²) in [6.07, 6.45) is 14.9. The van der Waals surface area contributed by atoms with Crippen molar-refractivity contribution in [3.63, 3.8) is 0 Å². The van der Waals surface area contributed by atoms with E-state index in [1.807, 2.05) is 13.8 Å². The van der Waals surface area contributed by atoms with E-state index in [1.54, 1.807) is 24.3 Å². The van der Waals surface area contributed by atoms with Crippen LogP contribution in [-0.4, -0.2) is 36.1 Å². The second-order valence-corrected chi connectivity index (χ2v) is 15.4. The van der Waals surface area contributed by atoms with Gasteiger partial charge in [0.2, 0.25) is 0 Å². The van der Waals surface area contributed by atoms with E-state index in [-0.39, 0.29) is 41.2 Å². The number of benzene rings is 2. The molecule has 48 heavy (non-hydrogen) atoms. The molecule has 0 radical (unpaired) electrons. The average molecular weight is 672 g/mol. The number of hydrogen-bond acceptors (Lipinski definition) is 5. The maximum atomic E-state index is 13.5. The lowest BCUT2D eigenvalue weighted by Gasteiger charge is -2.43. The summed E-state index contributed by atoms with van der Waals surface area (Å²) in [4.78, 5) is 17.3. The quantitative estimate of drug-likeness (QED) is 0.191. The van der Waals surface area contributed by atoms with Crippen LogP contribution < -0.4 is 4.74 Å². The van der Waals surface area contributed by atoms with Crippen molar-refractivity contribution in [1.82, 2.24) is 4.98 Å². The van der Waals surface area contributed by atoms with Crippen molar-refractivity contribution in [1.29, 1.82) is 0 Å². The molecule has 0 amide bonds. The van der Waals surface area contributed by atoms with Crippen molar-refractivity contribution < 1.29 is 23.7 Å². The summed E-state index contributed by atoms with van der Waals surface area (Å²) in [5.74, 6) is 0.806. The molecule has 7 heteroatoms. The molecule has 1 fully saturated rings. The molecule has 2 aliphatic carbocycles. The summed E-state index contributed by atoms with van der Waals surface area (Å²) >= 11 is 6.06. The molecule has 2 aromatic carbocycles. The van der Waals surface area contributed by atoms with E-state index >= 15 is 0 Å². The minimum absolute atomic E-state index is 0.0724. The zero-order chi connectivity index (χ0) is 34.1. The number of hydrogen-bond donors (Lipinski definition) is 1. The summed E-state index contributed by atoms with van der Waals surface area (Å²) in [6.45, 7) is 14.0. The Kier molecular flexibility index (Phi) is 10.3. The van der Waals surface area contributed by atoms with Crippen LogP contribution in [0.5, 0.6) is 5.75 Å². The van der Waals surface area contributed by atoms with Crippen molar-refractivity contribution >= 4 is 28.5 Å². The Labute approximate surface area is 290 Å². The molecule has 1 aromatic heterocycles. The second-order valence-electron chi connectivity index (χ2n) is 14.9. The number of ether oxygens (including phenoxy) is 4. The van der Waals surface area contributed by atoms with Gasteiger partial charge in [-0.25, -0.2) is 0 Å². The molecule has 3 aromatic rings. The number of nitrogens with one attached hydrogen (secondary N) is 1. The fraction of sp³-hybridized carbons (Fsp3) is 0.488.